The number of carbonyl (C=O) groups excluding carboxylic acids is 1. The number of hydrogen-bond donors (Lipinski definition) is 0. The molecular weight excluding hydrogens is 213 g/mol. The number of aromatic nitrogens is 1. The van der Waals surface area contributed by atoms with Crippen LogP contribution >= 0.6 is 23.2 Å². The van der Waals surface area contributed by atoms with Gasteiger partial charge in [-0.2, -0.15) is 4.98 Å². The molecule has 0 fully saturated rings. The molecule has 66 valence electrons. The topological polar surface area (TPSA) is 43.1 Å². The van der Waals surface area contributed by atoms with E-state index in [9.17, 15) is 4.79 Å². The van der Waals surface area contributed by atoms with Crippen molar-refractivity contribution < 1.29 is 9.21 Å². The molecule has 1 aromatic heterocycles. The predicted octanol–water partition coefficient (Wildman–Crippen LogP) is 2.86. The Kier molecular flexibility index (Phi) is 1.98. The minimum Gasteiger partial charge on any atom is -0.428 e. The zero-order valence-corrected chi connectivity index (χ0v) is 7.76. The minimum absolute atomic E-state index is 0.000340. The molecule has 1 heterocycles. The maximum atomic E-state index is 10.9. The molecule has 1 aromatic carbocycles. The van der Waals surface area contributed by atoms with Crippen LogP contribution in [0.3, 0.4) is 0 Å². The summed E-state index contributed by atoms with van der Waals surface area (Å²) in [7, 11) is 0. The number of fused-ring (bicyclic) bond motifs is 1. The third kappa shape index (κ3) is 1.41. The molecule has 0 radical (unpaired) electrons. The van der Waals surface area contributed by atoms with Crippen molar-refractivity contribution in [2.45, 2.75) is 0 Å². The molecule has 0 saturated carbocycles. The Morgan fingerprint density at radius 3 is 2.92 bits per heavy atom. The van der Waals surface area contributed by atoms with Crippen LogP contribution in [0.5, 0.6) is 0 Å². The van der Waals surface area contributed by atoms with Gasteiger partial charge in [-0.1, -0.05) is 6.07 Å². The lowest BCUT2D eigenvalue weighted by atomic mass is 10.2. The van der Waals surface area contributed by atoms with Crippen molar-refractivity contribution in [2.24, 2.45) is 0 Å². The van der Waals surface area contributed by atoms with E-state index in [2.05, 4.69) is 4.98 Å². The molecule has 0 aliphatic carbocycles. The summed E-state index contributed by atoms with van der Waals surface area (Å²) in [4.78, 5) is 14.7. The van der Waals surface area contributed by atoms with Gasteiger partial charge in [0, 0.05) is 0 Å². The molecule has 0 amide bonds. The maximum absolute atomic E-state index is 10.9. The monoisotopic (exact) mass is 215 g/mol. The van der Waals surface area contributed by atoms with E-state index in [0.29, 0.717) is 16.7 Å². The molecule has 0 unspecified atom stereocenters. The average molecular weight is 216 g/mol. The number of rotatable bonds is 1. The Morgan fingerprint density at radius 2 is 2.23 bits per heavy atom. The summed E-state index contributed by atoms with van der Waals surface area (Å²) < 4.78 is 5.00. The smallest absolute Gasteiger partial charge is 0.293 e. The molecule has 0 spiro atoms. The molecule has 5 heteroatoms. The van der Waals surface area contributed by atoms with Crippen LogP contribution in [0.2, 0.25) is 5.35 Å². The van der Waals surface area contributed by atoms with Crippen molar-refractivity contribution in [1.29, 1.82) is 0 Å². The van der Waals surface area contributed by atoms with Gasteiger partial charge < -0.3 is 4.42 Å². The van der Waals surface area contributed by atoms with Gasteiger partial charge in [0.15, 0.2) is 5.58 Å². The van der Waals surface area contributed by atoms with Crippen molar-refractivity contribution in [2.75, 3.05) is 0 Å². The van der Waals surface area contributed by atoms with Crippen molar-refractivity contribution in [3.05, 3.63) is 29.1 Å². The van der Waals surface area contributed by atoms with Crippen molar-refractivity contribution in [3.8, 4) is 0 Å². The molecule has 0 atom stereocenters. The normalized spacial score (nSPS) is 10.6. The van der Waals surface area contributed by atoms with E-state index in [1.54, 1.807) is 18.2 Å². The molecular formula is C8H3Cl2NO2. The highest BCUT2D eigenvalue weighted by Gasteiger charge is 2.12. The van der Waals surface area contributed by atoms with E-state index < -0.39 is 5.24 Å². The molecule has 0 bridgehead atoms. The summed E-state index contributed by atoms with van der Waals surface area (Å²) in [5.74, 6) is 0. The third-order valence-electron chi connectivity index (χ3n) is 1.60. The predicted molar refractivity (Wildman–Crippen MR) is 49.2 cm³/mol. The fraction of sp³-hybridized carbons (Fsp3) is 0. The summed E-state index contributed by atoms with van der Waals surface area (Å²) in [5, 5.41) is -0.573. The fourth-order valence-electron chi connectivity index (χ4n) is 1.08. The van der Waals surface area contributed by atoms with Crippen LogP contribution in [-0.4, -0.2) is 10.2 Å². The Balaban J connectivity index is 2.82. The van der Waals surface area contributed by atoms with Gasteiger partial charge in [0.05, 0.1) is 5.56 Å². The Morgan fingerprint density at radius 1 is 1.46 bits per heavy atom. The lowest BCUT2D eigenvalue weighted by Crippen LogP contribution is -1.89. The number of nitrogens with zero attached hydrogens (tertiary/aromatic N) is 1. The highest BCUT2D eigenvalue weighted by atomic mass is 35.5. The van der Waals surface area contributed by atoms with Crippen LogP contribution < -0.4 is 0 Å². The summed E-state index contributed by atoms with van der Waals surface area (Å²) in [5.41, 5.74) is 1.15. The van der Waals surface area contributed by atoms with E-state index in [1.165, 1.54) is 0 Å². The van der Waals surface area contributed by atoms with Crippen molar-refractivity contribution in [3.63, 3.8) is 0 Å². The zero-order chi connectivity index (χ0) is 9.42. The van der Waals surface area contributed by atoms with Crippen LogP contribution in [0, 0.1) is 0 Å². The lowest BCUT2D eigenvalue weighted by Gasteiger charge is -1.91. The van der Waals surface area contributed by atoms with Gasteiger partial charge in [0.1, 0.15) is 5.52 Å². The summed E-state index contributed by atoms with van der Waals surface area (Å²) in [6.07, 6.45) is 0. The number of benzene rings is 1. The second-order valence-electron chi connectivity index (χ2n) is 2.39. The Bertz CT molecular complexity index is 478. The molecule has 2 rings (SSSR count). The van der Waals surface area contributed by atoms with Crippen LogP contribution in [0.25, 0.3) is 11.1 Å². The fourth-order valence-corrected chi connectivity index (χ4v) is 1.40. The van der Waals surface area contributed by atoms with Gasteiger partial charge in [0.2, 0.25) is 0 Å². The first-order chi connectivity index (χ1) is 6.18. The summed E-state index contributed by atoms with van der Waals surface area (Å²) in [6, 6.07) is 4.88. The first kappa shape index (κ1) is 8.53. The van der Waals surface area contributed by atoms with Gasteiger partial charge in [-0.25, -0.2) is 0 Å². The van der Waals surface area contributed by atoms with Crippen molar-refractivity contribution >= 4 is 39.5 Å². The first-order valence-electron chi connectivity index (χ1n) is 3.43. The second-order valence-corrected chi connectivity index (χ2v) is 3.06. The molecule has 13 heavy (non-hydrogen) atoms. The van der Waals surface area contributed by atoms with E-state index >= 15 is 0 Å². The lowest BCUT2D eigenvalue weighted by molar-refractivity contribution is 0.108. The molecule has 0 aliphatic rings. The second kappa shape index (κ2) is 3.01. The van der Waals surface area contributed by atoms with Gasteiger partial charge in [-0.15, -0.1) is 0 Å². The van der Waals surface area contributed by atoms with Gasteiger partial charge in [-0.05, 0) is 35.3 Å². The molecule has 2 aromatic rings. The van der Waals surface area contributed by atoms with E-state index in [0.717, 1.165) is 0 Å². The number of para-hydroxylation sites is 1. The van der Waals surface area contributed by atoms with E-state index in [-0.39, 0.29) is 5.35 Å². The average Bonchev–Trinajstić information content (AvgIpc) is 2.43. The third-order valence-corrected chi connectivity index (χ3v) is 1.97. The molecule has 3 nitrogen and oxygen atoms in total. The number of carbonyl (C=O) groups is 1. The summed E-state index contributed by atoms with van der Waals surface area (Å²) in [6.45, 7) is 0. The van der Waals surface area contributed by atoms with Crippen LogP contribution in [0.1, 0.15) is 10.4 Å². The quantitative estimate of drug-likeness (QED) is 0.688. The van der Waals surface area contributed by atoms with Crippen molar-refractivity contribution in [1.82, 2.24) is 4.98 Å². The van der Waals surface area contributed by atoms with E-state index in [1.807, 2.05) is 0 Å². The number of hydrogen-bond acceptors (Lipinski definition) is 3. The Hall–Kier alpha value is -1.06. The van der Waals surface area contributed by atoms with E-state index in [4.69, 9.17) is 27.6 Å². The summed E-state index contributed by atoms with van der Waals surface area (Å²) >= 11 is 10.9. The first-order valence-corrected chi connectivity index (χ1v) is 4.19. The zero-order valence-electron chi connectivity index (χ0n) is 6.25. The highest BCUT2D eigenvalue weighted by molar-refractivity contribution is 6.68. The van der Waals surface area contributed by atoms with Crippen LogP contribution in [-0.2, 0) is 0 Å². The van der Waals surface area contributed by atoms with Crippen LogP contribution in [0.4, 0.5) is 0 Å². The maximum Gasteiger partial charge on any atom is 0.293 e. The number of halogens is 2. The minimum atomic E-state index is -0.574. The standard InChI is InChI=1S/C8H3Cl2NO2/c9-7(12)4-2-1-3-5-6(4)11-8(10)13-5/h1-3H. The molecule has 0 aliphatic heterocycles. The van der Waals surface area contributed by atoms with Gasteiger partial charge in [0.25, 0.3) is 10.6 Å². The Labute approximate surface area is 83.3 Å². The molecule has 0 saturated heterocycles. The van der Waals surface area contributed by atoms with Crippen LogP contribution in [0.15, 0.2) is 22.6 Å². The SMILES string of the molecule is O=C(Cl)c1cccc2oc(Cl)nc12. The number of oxazole rings is 1. The van der Waals surface area contributed by atoms with Gasteiger partial charge in [-0.3, -0.25) is 4.79 Å². The van der Waals surface area contributed by atoms with Gasteiger partial charge >= 0.3 is 0 Å². The molecule has 0 N–H and O–H groups in total. The highest BCUT2D eigenvalue weighted by Crippen LogP contribution is 2.22. The largest absolute Gasteiger partial charge is 0.428 e.